The predicted molar refractivity (Wildman–Crippen MR) is 118 cm³/mol. The van der Waals surface area contributed by atoms with Gasteiger partial charge in [0.15, 0.2) is 0 Å². The number of halogens is 2. The summed E-state index contributed by atoms with van der Waals surface area (Å²) in [4.78, 5) is 12.8. The first-order valence-corrected chi connectivity index (χ1v) is 12.1. The number of rotatable bonds is 5. The highest BCUT2D eigenvalue weighted by Crippen LogP contribution is 2.29. The second kappa shape index (κ2) is 8.60. The van der Waals surface area contributed by atoms with Crippen LogP contribution in [0.4, 0.5) is 5.13 Å². The van der Waals surface area contributed by atoms with Gasteiger partial charge in [-0.15, -0.1) is 10.2 Å². The van der Waals surface area contributed by atoms with E-state index in [4.69, 9.17) is 23.2 Å². The highest BCUT2D eigenvalue weighted by atomic mass is 35.5. The molecule has 1 saturated heterocycles. The second-order valence-electron chi connectivity index (χ2n) is 6.63. The summed E-state index contributed by atoms with van der Waals surface area (Å²) in [6, 6.07) is 11.2. The fraction of sp³-hybridized carbons (Fsp3) is 0.211. The van der Waals surface area contributed by atoms with Crippen LogP contribution in [0.1, 0.15) is 23.2 Å². The normalized spacial score (nSPS) is 14.7. The van der Waals surface area contributed by atoms with Crippen LogP contribution >= 0.6 is 34.5 Å². The lowest BCUT2D eigenvalue weighted by atomic mass is 10.2. The first kappa shape index (κ1) is 21.2. The Morgan fingerprint density at radius 1 is 1.03 bits per heavy atom. The second-order valence-corrected chi connectivity index (χ2v) is 10.4. The Hall–Kier alpha value is -2.04. The summed E-state index contributed by atoms with van der Waals surface area (Å²) in [6.45, 7) is 0.954. The highest BCUT2D eigenvalue weighted by Gasteiger charge is 2.28. The summed E-state index contributed by atoms with van der Waals surface area (Å²) in [5, 5.41) is 12.3. The van der Waals surface area contributed by atoms with E-state index in [0.717, 1.165) is 18.4 Å². The maximum absolute atomic E-state index is 12.8. The van der Waals surface area contributed by atoms with Crippen LogP contribution in [0.25, 0.3) is 10.6 Å². The molecule has 2 aromatic carbocycles. The lowest BCUT2D eigenvalue weighted by molar-refractivity contribution is 0.102. The fourth-order valence-electron chi connectivity index (χ4n) is 3.06. The number of hydrogen-bond acceptors (Lipinski definition) is 6. The molecule has 0 radical (unpaired) electrons. The number of carbonyl (C=O) groups is 1. The van der Waals surface area contributed by atoms with Crippen molar-refractivity contribution in [1.82, 2.24) is 14.5 Å². The monoisotopic (exact) mass is 482 g/mol. The average Bonchev–Trinajstić information content (AvgIpc) is 3.41. The summed E-state index contributed by atoms with van der Waals surface area (Å²) in [5.41, 5.74) is 0.870. The number of aromatic nitrogens is 2. The number of amides is 1. The van der Waals surface area contributed by atoms with E-state index >= 15 is 0 Å². The zero-order chi connectivity index (χ0) is 21.3. The SMILES string of the molecule is O=C(Nc1nnc(-c2ccc(Cl)cc2)s1)c1cc(S(=O)(=O)N2CCCC2)ccc1Cl. The number of nitrogens with one attached hydrogen (secondary N) is 1. The predicted octanol–water partition coefficient (Wildman–Crippen LogP) is 4.55. The average molecular weight is 483 g/mol. The molecule has 1 aliphatic heterocycles. The van der Waals surface area contributed by atoms with E-state index in [0.29, 0.717) is 23.1 Å². The number of carbonyl (C=O) groups excluding carboxylic acids is 1. The minimum Gasteiger partial charge on any atom is -0.296 e. The van der Waals surface area contributed by atoms with Crippen molar-refractivity contribution in [2.24, 2.45) is 0 Å². The van der Waals surface area contributed by atoms with Crippen LogP contribution in [0.2, 0.25) is 10.0 Å². The lowest BCUT2D eigenvalue weighted by Gasteiger charge is -2.16. The first-order chi connectivity index (χ1) is 14.3. The van der Waals surface area contributed by atoms with Gasteiger partial charge in [-0.25, -0.2) is 8.42 Å². The molecular formula is C19H16Cl2N4O3S2. The topological polar surface area (TPSA) is 92.3 Å². The number of benzene rings is 2. The molecule has 1 aliphatic rings. The molecule has 3 aromatic rings. The molecule has 0 aliphatic carbocycles. The molecule has 1 amide bonds. The Morgan fingerprint density at radius 2 is 1.73 bits per heavy atom. The Morgan fingerprint density at radius 3 is 2.43 bits per heavy atom. The molecule has 0 atom stereocenters. The van der Waals surface area contributed by atoms with Gasteiger partial charge in [-0.2, -0.15) is 4.31 Å². The summed E-state index contributed by atoms with van der Waals surface area (Å²) < 4.78 is 27.0. The molecular weight excluding hydrogens is 467 g/mol. The summed E-state index contributed by atoms with van der Waals surface area (Å²) in [7, 11) is -3.66. The Labute approximate surface area is 187 Å². The van der Waals surface area contributed by atoms with Crippen molar-refractivity contribution in [2.75, 3.05) is 18.4 Å². The van der Waals surface area contributed by atoms with Gasteiger partial charge in [-0.1, -0.05) is 46.7 Å². The number of hydrogen-bond donors (Lipinski definition) is 1. The molecule has 2 heterocycles. The Balaban J connectivity index is 1.56. The van der Waals surface area contributed by atoms with Crippen molar-refractivity contribution in [3.05, 3.63) is 58.1 Å². The van der Waals surface area contributed by atoms with E-state index in [1.807, 2.05) is 0 Å². The van der Waals surface area contributed by atoms with Crippen molar-refractivity contribution < 1.29 is 13.2 Å². The van der Waals surface area contributed by atoms with Crippen LogP contribution in [0.5, 0.6) is 0 Å². The minimum absolute atomic E-state index is 0.0399. The van der Waals surface area contributed by atoms with Crippen molar-refractivity contribution in [3.8, 4) is 10.6 Å². The van der Waals surface area contributed by atoms with E-state index in [1.54, 1.807) is 24.3 Å². The zero-order valence-corrected chi connectivity index (χ0v) is 18.7. The van der Waals surface area contributed by atoms with Crippen LogP contribution in [-0.2, 0) is 10.0 Å². The molecule has 0 spiro atoms. The van der Waals surface area contributed by atoms with Gasteiger partial charge in [0.05, 0.1) is 15.5 Å². The molecule has 0 saturated carbocycles. The smallest absolute Gasteiger partial charge is 0.259 e. The molecule has 30 heavy (non-hydrogen) atoms. The first-order valence-electron chi connectivity index (χ1n) is 9.05. The molecule has 0 bridgehead atoms. The van der Waals surface area contributed by atoms with Gasteiger partial charge in [-0.05, 0) is 43.2 Å². The van der Waals surface area contributed by atoms with Gasteiger partial charge in [0.25, 0.3) is 5.91 Å². The van der Waals surface area contributed by atoms with Crippen molar-refractivity contribution in [1.29, 1.82) is 0 Å². The van der Waals surface area contributed by atoms with Gasteiger partial charge >= 0.3 is 0 Å². The van der Waals surface area contributed by atoms with Gasteiger partial charge in [0, 0.05) is 23.7 Å². The number of nitrogens with zero attached hydrogens (tertiary/aromatic N) is 3. The molecule has 1 N–H and O–H groups in total. The number of anilines is 1. The maximum atomic E-state index is 12.8. The van der Waals surface area contributed by atoms with Gasteiger partial charge < -0.3 is 0 Å². The Bertz CT molecular complexity index is 1190. The third kappa shape index (κ3) is 4.35. The molecule has 156 valence electrons. The van der Waals surface area contributed by atoms with Crippen LogP contribution < -0.4 is 5.32 Å². The van der Waals surface area contributed by atoms with Crippen LogP contribution in [0.15, 0.2) is 47.4 Å². The van der Waals surface area contributed by atoms with Gasteiger partial charge in [0.2, 0.25) is 15.2 Å². The third-order valence-electron chi connectivity index (χ3n) is 4.62. The van der Waals surface area contributed by atoms with Crippen LogP contribution in [0.3, 0.4) is 0 Å². The molecule has 11 heteroatoms. The molecule has 1 aromatic heterocycles. The van der Waals surface area contributed by atoms with Crippen LogP contribution in [-0.4, -0.2) is 41.9 Å². The highest BCUT2D eigenvalue weighted by molar-refractivity contribution is 7.89. The van der Waals surface area contributed by atoms with Gasteiger partial charge in [-0.3, -0.25) is 10.1 Å². The summed E-state index contributed by atoms with van der Waals surface area (Å²) in [5.74, 6) is -0.558. The third-order valence-corrected chi connectivity index (χ3v) is 7.99. The van der Waals surface area contributed by atoms with E-state index in [9.17, 15) is 13.2 Å². The van der Waals surface area contributed by atoms with Gasteiger partial charge in [0.1, 0.15) is 5.01 Å². The zero-order valence-electron chi connectivity index (χ0n) is 15.5. The summed E-state index contributed by atoms with van der Waals surface area (Å²) in [6.07, 6.45) is 1.65. The van der Waals surface area contributed by atoms with Crippen molar-refractivity contribution >= 4 is 55.6 Å². The largest absolute Gasteiger partial charge is 0.296 e. The minimum atomic E-state index is -3.66. The summed E-state index contributed by atoms with van der Waals surface area (Å²) >= 11 is 13.2. The maximum Gasteiger partial charge on any atom is 0.259 e. The van der Waals surface area contributed by atoms with E-state index < -0.39 is 15.9 Å². The quantitative estimate of drug-likeness (QED) is 0.575. The van der Waals surface area contributed by atoms with Crippen LogP contribution in [0, 0.1) is 0 Å². The Kier molecular flexibility index (Phi) is 6.08. The molecule has 1 fully saturated rings. The lowest BCUT2D eigenvalue weighted by Crippen LogP contribution is -2.28. The fourth-order valence-corrected chi connectivity index (χ4v) is 5.68. The van der Waals surface area contributed by atoms with Crippen molar-refractivity contribution in [3.63, 3.8) is 0 Å². The van der Waals surface area contributed by atoms with E-state index in [-0.39, 0.29) is 20.6 Å². The molecule has 7 nitrogen and oxygen atoms in total. The number of sulfonamides is 1. The standard InChI is InChI=1S/C19H16Cl2N4O3S2/c20-13-5-3-12(4-6-13)18-23-24-19(29-18)22-17(26)15-11-14(7-8-16(15)21)30(27,28)25-9-1-2-10-25/h3-8,11H,1-2,9-10H2,(H,22,24,26). The van der Waals surface area contributed by atoms with Crippen molar-refractivity contribution in [2.45, 2.75) is 17.7 Å². The molecule has 0 unspecified atom stereocenters. The van der Waals surface area contributed by atoms with E-state index in [1.165, 1.54) is 33.8 Å². The molecule has 4 rings (SSSR count). The van der Waals surface area contributed by atoms with E-state index in [2.05, 4.69) is 15.5 Å².